The van der Waals surface area contributed by atoms with Crippen LogP contribution in [0.4, 0.5) is 0 Å². The summed E-state index contributed by atoms with van der Waals surface area (Å²) in [6.07, 6.45) is 2.41. The lowest BCUT2D eigenvalue weighted by molar-refractivity contribution is 0.203. The van der Waals surface area contributed by atoms with Crippen molar-refractivity contribution in [1.82, 2.24) is 4.90 Å². The van der Waals surface area contributed by atoms with Crippen LogP contribution < -0.4 is 0 Å². The molecule has 1 aliphatic heterocycles. The summed E-state index contributed by atoms with van der Waals surface area (Å²) in [6.45, 7) is 4.59. The van der Waals surface area contributed by atoms with Gasteiger partial charge in [-0.2, -0.15) is 0 Å². The van der Waals surface area contributed by atoms with Crippen LogP contribution in [0.15, 0.2) is 54.6 Å². The summed E-state index contributed by atoms with van der Waals surface area (Å²) < 4.78 is 0. The van der Waals surface area contributed by atoms with Crippen molar-refractivity contribution in [3.8, 4) is 0 Å². The van der Waals surface area contributed by atoms with Crippen LogP contribution in [0.25, 0.3) is 0 Å². The molecule has 1 nitrogen and oxygen atoms in total. The highest BCUT2D eigenvalue weighted by Crippen LogP contribution is 2.25. The molecule has 2 aromatic carbocycles. The Kier molecular flexibility index (Phi) is 3.65. The van der Waals surface area contributed by atoms with Crippen molar-refractivity contribution in [2.24, 2.45) is 0 Å². The molecule has 1 aliphatic rings. The summed E-state index contributed by atoms with van der Waals surface area (Å²) in [7, 11) is 0. The molecule has 19 heavy (non-hydrogen) atoms. The van der Waals surface area contributed by atoms with Gasteiger partial charge in [-0.05, 0) is 36.5 Å². The van der Waals surface area contributed by atoms with E-state index in [1.807, 2.05) is 0 Å². The number of rotatable bonds is 4. The average molecular weight is 251 g/mol. The van der Waals surface area contributed by atoms with Crippen LogP contribution in [0.5, 0.6) is 0 Å². The summed E-state index contributed by atoms with van der Waals surface area (Å²) in [5.74, 6) is 0. The Morgan fingerprint density at radius 1 is 0.895 bits per heavy atom. The zero-order valence-corrected chi connectivity index (χ0v) is 11.5. The molecule has 2 aromatic rings. The van der Waals surface area contributed by atoms with Crippen molar-refractivity contribution < 1.29 is 0 Å². The second-order valence-electron chi connectivity index (χ2n) is 5.55. The van der Waals surface area contributed by atoms with Gasteiger partial charge in [0.05, 0.1) is 0 Å². The molecule has 0 aliphatic carbocycles. The van der Waals surface area contributed by atoms with E-state index in [9.17, 15) is 0 Å². The lowest BCUT2D eigenvalue weighted by Crippen LogP contribution is -2.28. The van der Waals surface area contributed by atoms with E-state index in [4.69, 9.17) is 0 Å². The fraction of sp³-hybridized carbons (Fsp3) is 0.333. The van der Waals surface area contributed by atoms with Crippen molar-refractivity contribution >= 4 is 0 Å². The third kappa shape index (κ3) is 2.87. The van der Waals surface area contributed by atoms with E-state index in [2.05, 4.69) is 66.4 Å². The quantitative estimate of drug-likeness (QED) is 0.793. The van der Waals surface area contributed by atoms with Gasteiger partial charge in [-0.15, -0.1) is 0 Å². The monoisotopic (exact) mass is 251 g/mol. The maximum absolute atomic E-state index is 2.59. The lowest BCUT2D eigenvalue weighted by atomic mass is 10.1. The molecule has 0 bridgehead atoms. The number of benzene rings is 2. The third-order valence-electron chi connectivity index (χ3n) is 4.18. The number of hydrogen-bond donors (Lipinski definition) is 0. The van der Waals surface area contributed by atoms with Crippen LogP contribution in [0.1, 0.15) is 30.0 Å². The van der Waals surface area contributed by atoms with Crippen molar-refractivity contribution in [3.05, 3.63) is 71.3 Å². The predicted molar refractivity (Wildman–Crippen MR) is 79.9 cm³/mol. The summed E-state index contributed by atoms with van der Waals surface area (Å²) in [4.78, 5) is 2.59. The SMILES string of the molecule is CC(CCc1ccccc1)N1Cc2ccccc2C1. The predicted octanol–water partition coefficient (Wildman–Crippen LogP) is 4.02. The molecule has 0 N–H and O–H groups in total. The van der Waals surface area contributed by atoms with Crippen LogP contribution >= 0.6 is 0 Å². The summed E-state index contributed by atoms with van der Waals surface area (Å²) in [6, 6.07) is 20.3. The van der Waals surface area contributed by atoms with Crippen LogP contribution in [0.3, 0.4) is 0 Å². The Labute approximate surface area is 115 Å². The molecule has 1 atom stereocenters. The largest absolute Gasteiger partial charge is 0.292 e. The van der Waals surface area contributed by atoms with Crippen molar-refractivity contribution in [1.29, 1.82) is 0 Å². The van der Waals surface area contributed by atoms with Crippen molar-refractivity contribution in [2.75, 3.05) is 0 Å². The fourth-order valence-electron chi connectivity index (χ4n) is 2.87. The van der Waals surface area contributed by atoms with Crippen LogP contribution in [-0.4, -0.2) is 10.9 Å². The van der Waals surface area contributed by atoms with Gasteiger partial charge < -0.3 is 0 Å². The molecule has 0 saturated carbocycles. The number of aryl methyl sites for hydroxylation is 1. The van der Waals surface area contributed by atoms with Gasteiger partial charge in [0.15, 0.2) is 0 Å². The molecule has 3 rings (SSSR count). The van der Waals surface area contributed by atoms with Gasteiger partial charge in [0.2, 0.25) is 0 Å². The van der Waals surface area contributed by atoms with E-state index in [0.717, 1.165) is 13.1 Å². The van der Waals surface area contributed by atoms with Gasteiger partial charge in [0, 0.05) is 19.1 Å². The Morgan fingerprint density at radius 2 is 1.47 bits per heavy atom. The van der Waals surface area contributed by atoms with Crippen molar-refractivity contribution in [2.45, 2.75) is 38.9 Å². The highest BCUT2D eigenvalue weighted by Gasteiger charge is 2.22. The second kappa shape index (κ2) is 5.58. The summed E-state index contributed by atoms with van der Waals surface area (Å²) in [5.41, 5.74) is 4.47. The number of fused-ring (bicyclic) bond motifs is 1. The minimum absolute atomic E-state index is 0.646. The maximum atomic E-state index is 2.59. The van der Waals surface area contributed by atoms with Gasteiger partial charge in [0.1, 0.15) is 0 Å². The highest BCUT2D eigenvalue weighted by molar-refractivity contribution is 5.30. The second-order valence-corrected chi connectivity index (χ2v) is 5.55. The first-order chi connectivity index (χ1) is 9.33. The molecule has 1 unspecified atom stereocenters. The molecule has 0 spiro atoms. The minimum Gasteiger partial charge on any atom is -0.292 e. The van der Waals surface area contributed by atoms with Gasteiger partial charge in [-0.25, -0.2) is 0 Å². The van der Waals surface area contributed by atoms with Gasteiger partial charge >= 0.3 is 0 Å². The molecular weight excluding hydrogens is 230 g/mol. The maximum Gasteiger partial charge on any atom is 0.0243 e. The van der Waals surface area contributed by atoms with E-state index in [1.165, 1.54) is 29.5 Å². The first-order valence-electron chi connectivity index (χ1n) is 7.17. The molecule has 0 radical (unpaired) electrons. The Bertz CT molecular complexity index is 507. The Morgan fingerprint density at radius 3 is 2.11 bits per heavy atom. The van der Waals surface area contributed by atoms with Crippen molar-refractivity contribution in [3.63, 3.8) is 0 Å². The first kappa shape index (κ1) is 12.4. The van der Waals surface area contributed by atoms with Crippen LogP contribution in [0, 0.1) is 0 Å². The van der Waals surface area contributed by atoms with Gasteiger partial charge in [-0.3, -0.25) is 4.90 Å². The van der Waals surface area contributed by atoms with E-state index >= 15 is 0 Å². The summed E-state index contributed by atoms with van der Waals surface area (Å²) >= 11 is 0. The average Bonchev–Trinajstić information content (AvgIpc) is 2.90. The van der Waals surface area contributed by atoms with Crippen LogP contribution in [0.2, 0.25) is 0 Å². The molecule has 0 saturated heterocycles. The molecule has 0 fully saturated rings. The molecule has 1 heterocycles. The molecule has 0 amide bonds. The zero-order chi connectivity index (χ0) is 13.1. The fourth-order valence-corrected chi connectivity index (χ4v) is 2.87. The number of hydrogen-bond acceptors (Lipinski definition) is 1. The topological polar surface area (TPSA) is 3.24 Å². The minimum atomic E-state index is 0.646. The Hall–Kier alpha value is -1.60. The standard InChI is InChI=1S/C18H21N/c1-15(11-12-16-7-3-2-4-8-16)19-13-17-9-5-6-10-18(17)14-19/h2-10,15H,11-14H2,1H3. The third-order valence-corrected chi connectivity index (χ3v) is 4.18. The van der Waals surface area contributed by atoms with Crippen LogP contribution in [-0.2, 0) is 19.5 Å². The smallest absolute Gasteiger partial charge is 0.0243 e. The van der Waals surface area contributed by atoms with Gasteiger partial charge in [0.25, 0.3) is 0 Å². The van der Waals surface area contributed by atoms with E-state index in [1.54, 1.807) is 0 Å². The zero-order valence-electron chi connectivity index (χ0n) is 11.5. The van der Waals surface area contributed by atoms with E-state index in [-0.39, 0.29) is 0 Å². The summed E-state index contributed by atoms with van der Waals surface area (Å²) in [5, 5.41) is 0. The van der Waals surface area contributed by atoms with E-state index in [0.29, 0.717) is 6.04 Å². The molecule has 0 aromatic heterocycles. The normalized spacial score (nSPS) is 16.3. The molecular formula is C18H21N. The Balaban J connectivity index is 1.57. The number of nitrogens with zero attached hydrogens (tertiary/aromatic N) is 1. The van der Waals surface area contributed by atoms with E-state index < -0.39 is 0 Å². The lowest BCUT2D eigenvalue weighted by Gasteiger charge is -2.23. The molecule has 98 valence electrons. The first-order valence-corrected chi connectivity index (χ1v) is 7.17. The molecule has 1 heteroatoms. The van der Waals surface area contributed by atoms with Gasteiger partial charge in [-0.1, -0.05) is 54.6 Å². The highest BCUT2D eigenvalue weighted by atomic mass is 15.2.